The van der Waals surface area contributed by atoms with Crippen molar-refractivity contribution in [2.45, 2.75) is 33.2 Å². The van der Waals surface area contributed by atoms with Crippen LogP contribution in [-0.4, -0.2) is 26.1 Å². The number of hydrogen-bond acceptors (Lipinski definition) is 3. The summed E-state index contributed by atoms with van der Waals surface area (Å²) in [5.41, 5.74) is 3.96. The van der Waals surface area contributed by atoms with E-state index in [0.29, 0.717) is 17.7 Å². The predicted octanol–water partition coefficient (Wildman–Crippen LogP) is 3.35. The molecule has 132 valence electrons. The van der Waals surface area contributed by atoms with E-state index in [1.54, 1.807) is 25.1 Å². The lowest BCUT2D eigenvalue weighted by Crippen LogP contribution is -2.36. The van der Waals surface area contributed by atoms with Crippen LogP contribution in [-0.2, 0) is 16.4 Å². The maximum Gasteiger partial charge on any atom is 0.255 e. The second-order valence-electron chi connectivity index (χ2n) is 6.41. The Bertz CT molecular complexity index is 905. The summed E-state index contributed by atoms with van der Waals surface area (Å²) in [5, 5.41) is 2.87. The maximum atomic E-state index is 12.5. The molecule has 3 rings (SSSR count). The molecule has 0 saturated heterocycles. The largest absolute Gasteiger partial charge is 0.322 e. The summed E-state index contributed by atoms with van der Waals surface area (Å²) in [5.74, 6) is -0.136. The van der Waals surface area contributed by atoms with E-state index in [1.165, 1.54) is 4.31 Å². The van der Waals surface area contributed by atoms with E-state index in [9.17, 15) is 13.2 Å². The monoisotopic (exact) mass is 358 g/mol. The van der Waals surface area contributed by atoms with Gasteiger partial charge in [0.25, 0.3) is 5.91 Å². The molecule has 1 N–H and O–H groups in total. The highest BCUT2D eigenvalue weighted by Crippen LogP contribution is 2.35. The second-order valence-corrected chi connectivity index (χ2v) is 8.55. The van der Waals surface area contributed by atoms with Gasteiger partial charge in [0.05, 0.1) is 11.4 Å². The van der Waals surface area contributed by atoms with Crippen molar-refractivity contribution < 1.29 is 13.2 Å². The van der Waals surface area contributed by atoms with Crippen LogP contribution in [0.25, 0.3) is 0 Å². The average Bonchev–Trinajstić information content (AvgIpc) is 2.92. The molecule has 0 unspecified atom stereocenters. The molecule has 1 amide bonds. The Kier molecular flexibility index (Phi) is 4.56. The van der Waals surface area contributed by atoms with E-state index in [4.69, 9.17) is 0 Å². The van der Waals surface area contributed by atoms with Crippen LogP contribution in [0.2, 0.25) is 0 Å². The zero-order valence-corrected chi connectivity index (χ0v) is 15.4. The number of fused-ring (bicyclic) bond motifs is 1. The molecule has 25 heavy (non-hydrogen) atoms. The van der Waals surface area contributed by atoms with Crippen LogP contribution in [0, 0.1) is 6.92 Å². The predicted molar refractivity (Wildman–Crippen MR) is 101 cm³/mol. The lowest BCUT2D eigenvalue weighted by atomic mass is 10.1. The Balaban J connectivity index is 1.86. The number of sulfonamides is 1. The van der Waals surface area contributed by atoms with E-state index in [-0.39, 0.29) is 17.7 Å². The smallest absolute Gasteiger partial charge is 0.255 e. The third kappa shape index (κ3) is 3.39. The Morgan fingerprint density at radius 3 is 2.52 bits per heavy atom. The number of nitrogens with zero attached hydrogens (tertiary/aromatic N) is 1. The molecule has 0 fully saturated rings. The summed E-state index contributed by atoms with van der Waals surface area (Å²) < 4.78 is 26.1. The molecule has 0 saturated carbocycles. The number of benzene rings is 2. The minimum atomic E-state index is -3.31. The Morgan fingerprint density at radius 2 is 1.88 bits per heavy atom. The minimum Gasteiger partial charge on any atom is -0.322 e. The van der Waals surface area contributed by atoms with Crippen molar-refractivity contribution in [1.29, 1.82) is 0 Å². The Labute approximate surface area is 148 Å². The molecule has 1 aliphatic rings. The number of aryl methyl sites for hydroxylation is 1. The van der Waals surface area contributed by atoms with Gasteiger partial charge in [0.2, 0.25) is 10.0 Å². The molecule has 1 atom stereocenters. The van der Waals surface area contributed by atoms with E-state index < -0.39 is 10.0 Å². The highest BCUT2D eigenvalue weighted by Gasteiger charge is 2.34. The normalized spacial score (nSPS) is 16.6. The molecule has 2 aromatic rings. The first-order valence-electron chi connectivity index (χ1n) is 8.35. The van der Waals surface area contributed by atoms with Crippen molar-refractivity contribution in [3.8, 4) is 0 Å². The van der Waals surface area contributed by atoms with Crippen LogP contribution in [0.4, 0.5) is 11.4 Å². The summed E-state index contributed by atoms with van der Waals surface area (Å²) in [7, 11) is -3.31. The molecule has 0 spiro atoms. The van der Waals surface area contributed by atoms with Gasteiger partial charge in [-0.1, -0.05) is 17.7 Å². The number of rotatable bonds is 4. The van der Waals surface area contributed by atoms with Gasteiger partial charge in [0.1, 0.15) is 0 Å². The van der Waals surface area contributed by atoms with Gasteiger partial charge in [0, 0.05) is 17.3 Å². The fraction of sp³-hybridized carbons (Fsp3) is 0.316. The van der Waals surface area contributed by atoms with Crippen molar-refractivity contribution >= 4 is 27.3 Å². The standard InChI is InChI=1S/C19H22N2O3S/c1-4-25(23,24)21-14(3)11-16-12-15(7-10-18(16)21)19(22)20-17-8-5-13(2)6-9-17/h5-10,12,14H,4,11H2,1-3H3,(H,20,22)/t14-/m0/s1. The fourth-order valence-electron chi connectivity index (χ4n) is 3.15. The molecule has 1 heterocycles. The fourth-order valence-corrected chi connectivity index (χ4v) is 4.53. The molecular weight excluding hydrogens is 336 g/mol. The Morgan fingerprint density at radius 1 is 1.20 bits per heavy atom. The van der Waals surface area contributed by atoms with Gasteiger partial charge in [-0.25, -0.2) is 8.42 Å². The van der Waals surface area contributed by atoms with E-state index in [2.05, 4.69) is 5.32 Å². The number of hydrogen-bond donors (Lipinski definition) is 1. The van der Waals surface area contributed by atoms with Crippen molar-refractivity contribution in [3.05, 3.63) is 59.2 Å². The lowest BCUT2D eigenvalue weighted by Gasteiger charge is -2.23. The van der Waals surface area contributed by atoms with Crippen LogP contribution >= 0.6 is 0 Å². The third-order valence-electron chi connectivity index (χ3n) is 4.47. The summed E-state index contributed by atoms with van der Waals surface area (Å²) in [6, 6.07) is 12.7. The van der Waals surface area contributed by atoms with Gasteiger partial charge in [-0.3, -0.25) is 9.10 Å². The number of amides is 1. The van der Waals surface area contributed by atoms with Gasteiger partial charge >= 0.3 is 0 Å². The highest BCUT2D eigenvalue weighted by molar-refractivity contribution is 7.92. The summed E-state index contributed by atoms with van der Waals surface area (Å²) in [6.45, 7) is 5.52. The topological polar surface area (TPSA) is 66.5 Å². The van der Waals surface area contributed by atoms with Gasteiger partial charge in [-0.05, 0) is 63.1 Å². The minimum absolute atomic E-state index is 0.0619. The highest BCUT2D eigenvalue weighted by atomic mass is 32.2. The van der Waals surface area contributed by atoms with Gasteiger partial charge in [-0.15, -0.1) is 0 Å². The summed E-state index contributed by atoms with van der Waals surface area (Å²) >= 11 is 0. The molecule has 0 aromatic heterocycles. The Hall–Kier alpha value is -2.34. The quantitative estimate of drug-likeness (QED) is 0.911. The SMILES string of the molecule is CCS(=O)(=O)N1c2ccc(C(=O)Nc3ccc(C)cc3)cc2C[C@@H]1C. The summed E-state index contributed by atoms with van der Waals surface area (Å²) in [6.07, 6.45) is 0.611. The van der Waals surface area contributed by atoms with Crippen molar-refractivity contribution in [2.24, 2.45) is 0 Å². The molecule has 0 bridgehead atoms. The molecule has 1 aliphatic heterocycles. The van der Waals surface area contributed by atoms with Crippen molar-refractivity contribution in [2.75, 3.05) is 15.4 Å². The van der Waals surface area contributed by atoms with Crippen LogP contribution in [0.1, 0.15) is 35.3 Å². The van der Waals surface area contributed by atoms with Crippen molar-refractivity contribution in [3.63, 3.8) is 0 Å². The number of nitrogens with one attached hydrogen (secondary N) is 1. The van der Waals surface area contributed by atoms with Gasteiger partial charge in [-0.2, -0.15) is 0 Å². The second kappa shape index (κ2) is 6.52. The van der Waals surface area contributed by atoms with Crippen LogP contribution in [0.15, 0.2) is 42.5 Å². The van der Waals surface area contributed by atoms with Gasteiger partial charge < -0.3 is 5.32 Å². The van der Waals surface area contributed by atoms with E-state index in [1.807, 2.05) is 38.1 Å². The first kappa shape index (κ1) is 17.5. The molecule has 0 radical (unpaired) electrons. The van der Waals surface area contributed by atoms with Gasteiger partial charge in [0.15, 0.2) is 0 Å². The first-order chi connectivity index (χ1) is 11.8. The molecule has 6 heteroatoms. The zero-order valence-electron chi connectivity index (χ0n) is 14.6. The lowest BCUT2D eigenvalue weighted by molar-refractivity contribution is 0.102. The number of anilines is 2. The van der Waals surface area contributed by atoms with E-state index >= 15 is 0 Å². The third-order valence-corrected chi connectivity index (χ3v) is 6.35. The van der Waals surface area contributed by atoms with Crippen molar-refractivity contribution in [1.82, 2.24) is 0 Å². The first-order valence-corrected chi connectivity index (χ1v) is 9.96. The average molecular weight is 358 g/mol. The molecule has 0 aliphatic carbocycles. The van der Waals surface area contributed by atoms with Crippen LogP contribution in [0.5, 0.6) is 0 Å². The van der Waals surface area contributed by atoms with E-state index in [0.717, 1.165) is 16.8 Å². The zero-order chi connectivity index (χ0) is 18.2. The number of carbonyl (C=O) groups excluding carboxylic acids is 1. The number of carbonyl (C=O) groups is 1. The summed E-state index contributed by atoms with van der Waals surface area (Å²) in [4.78, 5) is 12.5. The molecular formula is C19H22N2O3S. The van der Waals surface area contributed by atoms with Crippen LogP contribution < -0.4 is 9.62 Å². The maximum absolute atomic E-state index is 12.5. The molecule has 2 aromatic carbocycles. The van der Waals surface area contributed by atoms with Crippen LogP contribution in [0.3, 0.4) is 0 Å². The molecule has 5 nitrogen and oxygen atoms in total.